The van der Waals surface area contributed by atoms with E-state index in [2.05, 4.69) is 10.6 Å². The fourth-order valence-electron chi connectivity index (χ4n) is 1.37. The fourth-order valence-corrected chi connectivity index (χ4v) is 1.37. The van der Waals surface area contributed by atoms with Crippen molar-refractivity contribution >= 4 is 17.9 Å². The van der Waals surface area contributed by atoms with Crippen molar-refractivity contribution in [2.24, 2.45) is 5.92 Å². The van der Waals surface area contributed by atoms with E-state index in [1.165, 1.54) is 0 Å². The number of nitrogens with one attached hydrogen (secondary N) is 2. The number of carboxylic acid groups (broad SMARTS) is 1. The van der Waals surface area contributed by atoms with Gasteiger partial charge in [0.1, 0.15) is 0 Å². The molecule has 110 valence electrons. The van der Waals surface area contributed by atoms with Gasteiger partial charge in [-0.05, 0) is 19.8 Å². The third-order valence-electron chi connectivity index (χ3n) is 2.15. The summed E-state index contributed by atoms with van der Waals surface area (Å²) in [5.41, 5.74) is 0. The van der Waals surface area contributed by atoms with Crippen molar-refractivity contribution in [2.75, 3.05) is 13.2 Å². The molecule has 0 aromatic rings. The van der Waals surface area contributed by atoms with Crippen LogP contribution in [0.2, 0.25) is 0 Å². The number of urea groups is 1. The second kappa shape index (κ2) is 9.32. The Labute approximate surface area is 112 Å². The zero-order valence-electron chi connectivity index (χ0n) is 11.6. The lowest BCUT2D eigenvalue weighted by Gasteiger charge is -2.10. The number of rotatable bonds is 8. The Hall–Kier alpha value is -1.63. The predicted molar refractivity (Wildman–Crippen MR) is 68.7 cm³/mol. The number of ether oxygens (including phenoxy) is 1. The standard InChI is InChI=1S/C12H22N2O5/c1-8(2)19-5-4-13-12(18)14-10(15)6-9(3)7-11(16)17/h8-9H,4-7H2,1-3H3,(H,16,17)(H2,13,14,15,18). The van der Waals surface area contributed by atoms with E-state index in [0.717, 1.165) is 0 Å². The highest BCUT2D eigenvalue weighted by molar-refractivity contribution is 5.94. The molecule has 0 heterocycles. The largest absolute Gasteiger partial charge is 0.481 e. The van der Waals surface area contributed by atoms with Gasteiger partial charge in [0, 0.05) is 19.4 Å². The maximum absolute atomic E-state index is 11.4. The number of hydrogen-bond acceptors (Lipinski definition) is 4. The molecule has 7 heteroatoms. The smallest absolute Gasteiger partial charge is 0.321 e. The Morgan fingerprint density at radius 2 is 1.79 bits per heavy atom. The minimum atomic E-state index is -0.962. The molecule has 0 saturated carbocycles. The van der Waals surface area contributed by atoms with Crippen LogP contribution < -0.4 is 10.6 Å². The summed E-state index contributed by atoms with van der Waals surface area (Å²) in [5.74, 6) is -1.76. The maximum atomic E-state index is 11.4. The number of aliphatic carboxylic acids is 1. The third-order valence-corrected chi connectivity index (χ3v) is 2.15. The Kier molecular flexibility index (Phi) is 8.52. The molecule has 0 rings (SSSR count). The molecular formula is C12H22N2O5. The lowest BCUT2D eigenvalue weighted by molar-refractivity contribution is -0.138. The molecule has 0 aliphatic rings. The van der Waals surface area contributed by atoms with Crippen molar-refractivity contribution in [2.45, 2.75) is 39.7 Å². The number of hydrogen-bond donors (Lipinski definition) is 3. The van der Waals surface area contributed by atoms with E-state index in [-0.39, 0.29) is 24.9 Å². The lowest BCUT2D eigenvalue weighted by atomic mass is 10.0. The fraction of sp³-hybridized carbons (Fsp3) is 0.750. The summed E-state index contributed by atoms with van der Waals surface area (Å²) >= 11 is 0. The molecule has 0 radical (unpaired) electrons. The SMILES string of the molecule is CC(CC(=O)O)CC(=O)NC(=O)NCCOC(C)C. The number of amides is 3. The predicted octanol–water partition coefficient (Wildman–Crippen LogP) is 0.738. The van der Waals surface area contributed by atoms with E-state index in [9.17, 15) is 14.4 Å². The molecule has 0 spiro atoms. The van der Waals surface area contributed by atoms with Crippen LogP contribution in [-0.4, -0.2) is 42.3 Å². The van der Waals surface area contributed by atoms with Gasteiger partial charge < -0.3 is 15.2 Å². The molecular weight excluding hydrogens is 252 g/mol. The summed E-state index contributed by atoms with van der Waals surface area (Å²) in [5, 5.41) is 13.1. The van der Waals surface area contributed by atoms with Gasteiger partial charge in [0.05, 0.1) is 12.7 Å². The first kappa shape index (κ1) is 17.4. The molecule has 0 aromatic carbocycles. The summed E-state index contributed by atoms with van der Waals surface area (Å²) in [7, 11) is 0. The molecule has 0 aliphatic carbocycles. The Morgan fingerprint density at radius 3 is 2.32 bits per heavy atom. The summed E-state index contributed by atoms with van der Waals surface area (Å²) in [4.78, 5) is 33.1. The van der Waals surface area contributed by atoms with Crippen LogP contribution in [0.3, 0.4) is 0 Å². The van der Waals surface area contributed by atoms with Crippen molar-refractivity contribution in [3.63, 3.8) is 0 Å². The van der Waals surface area contributed by atoms with Crippen LogP contribution >= 0.6 is 0 Å². The quantitative estimate of drug-likeness (QED) is 0.566. The molecule has 0 fully saturated rings. The minimum absolute atomic E-state index is 0.00220. The highest BCUT2D eigenvalue weighted by atomic mass is 16.5. The maximum Gasteiger partial charge on any atom is 0.321 e. The molecule has 1 atom stereocenters. The van der Waals surface area contributed by atoms with E-state index in [4.69, 9.17) is 9.84 Å². The molecule has 7 nitrogen and oxygen atoms in total. The van der Waals surface area contributed by atoms with Crippen molar-refractivity contribution in [3.8, 4) is 0 Å². The third kappa shape index (κ3) is 11.2. The van der Waals surface area contributed by atoms with Crippen LogP contribution in [0.15, 0.2) is 0 Å². The van der Waals surface area contributed by atoms with Gasteiger partial charge in [-0.1, -0.05) is 6.92 Å². The first-order valence-electron chi connectivity index (χ1n) is 6.22. The van der Waals surface area contributed by atoms with Crippen LogP contribution in [0.4, 0.5) is 4.79 Å². The average Bonchev–Trinajstić information content (AvgIpc) is 2.22. The second-order valence-corrected chi connectivity index (χ2v) is 4.63. The number of imide groups is 1. The molecule has 0 aromatic heterocycles. The molecule has 0 aliphatic heterocycles. The monoisotopic (exact) mass is 274 g/mol. The van der Waals surface area contributed by atoms with Crippen molar-refractivity contribution in [3.05, 3.63) is 0 Å². The first-order valence-corrected chi connectivity index (χ1v) is 6.22. The van der Waals surface area contributed by atoms with Gasteiger partial charge >= 0.3 is 12.0 Å². The zero-order chi connectivity index (χ0) is 14.8. The van der Waals surface area contributed by atoms with Crippen LogP contribution in [0.1, 0.15) is 33.6 Å². The van der Waals surface area contributed by atoms with Gasteiger partial charge in [-0.3, -0.25) is 14.9 Å². The van der Waals surface area contributed by atoms with Gasteiger partial charge in [0.25, 0.3) is 0 Å². The minimum Gasteiger partial charge on any atom is -0.481 e. The Bertz CT molecular complexity index is 317. The van der Waals surface area contributed by atoms with Gasteiger partial charge in [-0.25, -0.2) is 4.79 Å². The van der Waals surface area contributed by atoms with E-state index < -0.39 is 17.9 Å². The van der Waals surface area contributed by atoms with Gasteiger partial charge in [-0.2, -0.15) is 0 Å². The molecule has 3 N–H and O–H groups in total. The summed E-state index contributed by atoms with van der Waals surface area (Å²) < 4.78 is 5.21. The van der Waals surface area contributed by atoms with Crippen molar-refractivity contribution in [1.82, 2.24) is 10.6 Å². The first-order chi connectivity index (χ1) is 8.81. The molecule has 0 bridgehead atoms. The van der Waals surface area contributed by atoms with Gasteiger partial charge in [-0.15, -0.1) is 0 Å². The molecule has 1 unspecified atom stereocenters. The van der Waals surface area contributed by atoms with Crippen LogP contribution in [-0.2, 0) is 14.3 Å². The highest BCUT2D eigenvalue weighted by Gasteiger charge is 2.14. The topological polar surface area (TPSA) is 105 Å². The Balaban J connectivity index is 3.74. The van der Waals surface area contributed by atoms with E-state index in [0.29, 0.717) is 13.2 Å². The van der Waals surface area contributed by atoms with Gasteiger partial charge in [0.2, 0.25) is 5.91 Å². The average molecular weight is 274 g/mol. The number of carbonyl (C=O) groups is 3. The normalized spacial score (nSPS) is 12.0. The Morgan fingerprint density at radius 1 is 1.16 bits per heavy atom. The molecule has 3 amide bonds. The van der Waals surface area contributed by atoms with Crippen LogP contribution in [0, 0.1) is 5.92 Å². The summed E-state index contributed by atoms with van der Waals surface area (Å²) in [6.45, 7) is 6.08. The summed E-state index contributed by atoms with van der Waals surface area (Å²) in [6.07, 6.45) is -0.0113. The molecule has 19 heavy (non-hydrogen) atoms. The number of carbonyl (C=O) groups excluding carboxylic acids is 2. The number of carboxylic acids is 1. The highest BCUT2D eigenvalue weighted by Crippen LogP contribution is 2.06. The summed E-state index contributed by atoms with van der Waals surface area (Å²) in [6, 6.07) is -0.597. The van der Waals surface area contributed by atoms with Gasteiger partial charge in [0.15, 0.2) is 0 Å². The van der Waals surface area contributed by atoms with E-state index >= 15 is 0 Å². The van der Waals surface area contributed by atoms with Crippen molar-refractivity contribution < 1.29 is 24.2 Å². The molecule has 0 saturated heterocycles. The van der Waals surface area contributed by atoms with Crippen LogP contribution in [0.25, 0.3) is 0 Å². The van der Waals surface area contributed by atoms with E-state index in [1.807, 2.05) is 13.8 Å². The van der Waals surface area contributed by atoms with Crippen LogP contribution in [0.5, 0.6) is 0 Å². The van der Waals surface area contributed by atoms with E-state index in [1.54, 1.807) is 6.92 Å². The zero-order valence-corrected chi connectivity index (χ0v) is 11.6. The van der Waals surface area contributed by atoms with Crippen molar-refractivity contribution in [1.29, 1.82) is 0 Å². The lowest BCUT2D eigenvalue weighted by Crippen LogP contribution is -2.41. The second-order valence-electron chi connectivity index (χ2n) is 4.63.